The molecule has 0 bridgehead atoms. The molecular formula is C13H8BrF3N2O2. The maximum atomic E-state index is 13.5. The van der Waals surface area contributed by atoms with Gasteiger partial charge in [0.2, 0.25) is 0 Å². The topological polar surface area (TPSA) is 55.2 Å². The maximum absolute atomic E-state index is 13.5. The number of non-ortho nitro benzene ring substituents is 1. The van der Waals surface area contributed by atoms with Crippen LogP contribution in [0.5, 0.6) is 0 Å². The van der Waals surface area contributed by atoms with E-state index in [0.717, 1.165) is 6.07 Å². The average molecular weight is 361 g/mol. The summed E-state index contributed by atoms with van der Waals surface area (Å²) in [5.41, 5.74) is 0.104. The maximum Gasteiger partial charge on any atom is 0.271 e. The highest BCUT2D eigenvalue weighted by molar-refractivity contribution is 9.10. The fraction of sp³-hybridized carbons (Fsp3) is 0.0769. The Morgan fingerprint density at radius 1 is 1.10 bits per heavy atom. The molecule has 0 atom stereocenters. The van der Waals surface area contributed by atoms with E-state index in [1.807, 2.05) is 0 Å². The summed E-state index contributed by atoms with van der Waals surface area (Å²) in [6.07, 6.45) is 0. The highest BCUT2D eigenvalue weighted by Crippen LogP contribution is 2.28. The standard InChI is InChI=1S/C13H8BrF3N2O2/c14-9-2-1-8(19(20)21)4-13(9)18-6-7-3-11(16)12(17)5-10(7)15/h1-5,18H,6H2. The molecule has 0 spiro atoms. The van der Waals surface area contributed by atoms with Crippen molar-refractivity contribution in [1.82, 2.24) is 0 Å². The van der Waals surface area contributed by atoms with Crippen LogP contribution < -0.4 is 5.32 Å². The second kappa shape index (κ2) is 6.13. The second-order valence-corrected chi connectivity index (χ2v) is 4.99. The number of hydrogen-bond acceptors (Lipinski definition) is 3. The van der Waals surface area contributed by atoms with Crippen LogP contribution in [0.25, 0.3) is 0 Å². The Hall–Kier alpha value is -2.09. The van der Waals surface area contributed by atoms with E-state index < -0.39 is 22.4 Å². The summed E-state index contributed by atoms with van der Waals surface area (Å²) >= 11 is 3.18. The van der Waals surface area contributed by atoms with Crippen molar-refractivity contribution in [3.8, 4) is 0 Å². The Morgan fingerprint density at radius 2 is 1.76 bits per heavy atom. The first-order valence-corrected chi connectivity index (χ1v) is 6.49. The van der Waals surface area contributed by atoms with E-state index in [-0.39, 0.29) is 17.8 Å². The number of nitro benzene ring substituents is 1. The van der Waals surface area contributed by atoms with Crippen LogP contribution in [0, 0.1) is 27.6 Å². The summed E-state index contributed by atoms with van der Waals surface area (Å²) in [5, 5.41) is 13.4. The number of rotatable bonds is 4. The largest absolute Gasteiger partial charge is 0.380 e. The molecule has 2 rings (SSSR count). The van der Waals surface area contributed by atoms with E-state index in [4.69, 9.17) is 0 Å². The zero-order valence-electron chi connectivity index (χ0n) is 10.4. The number of nitrogens with zero attached hydrogens (tertiary/aromatic N) is 1. The van der Waals surface area contributed by atoms with Gasteiger partial charge in [-0.05, 0) is 28.1 Å². The molecule has 0 saturated heterocycles. The molecule has 21 heavy (non-hydrogen) atoms. The first kappa shape index (κ1) is 15.3. The molecule has 0 aliphatic rings. The van der Waals surface area contributed by atoms with Crippen molar-refractivity contribution in [2.75, 3.05) is 5.32 Å². The first-order chi connectivity index (χ1) is 9.88. The lowest BCUT2D eigenvalue weighted by atomic mass is 10.2. The van der Waals surface area contributed by atoms with E-state index >= 15 is 0 Å². The predicted octanol–water partition coefficient (Wildman–Crippen LogP) is 4.39. The number of anilines is 1. The van der Waals surface area contributed by atoms with Crippen molar-refractivity contribution in [2.24, 2.45) is 0 Å². The molecule has 8 heteroatoms. The van der Waals surface area contributed by atoms with Crippen LogP contribution in [0.15, 0.2) is 34.8 Å². The van der Waals surface area contributed by atoms with Gasteiger partial charge >= 0.3 is 0 Å². The lowest BCUT2D eigenvalue weighted by Crippen LogP contribution is -2.04. The molecule has 110 valence electrons. The fourth-order valence-electron chi connectivity index (χ4n) is 1.65. The number of hydrogen-bond donors (Lipinski definition) is 1. The van der Waals surface area contributed by atoms with E-state index in [1.165, 1.54) is 18.2 Å². The van der Waals surface area contributed by atoms with Crippen LogP contribution in [0.4, 0.5) is 24.5 Å². The molecular weight excluding hydrogens is 353 g/mol. The van der Waals surface area contributed by atoms with E-state index in [0.29, 0.717) is 16.2 Å². The van der Waals surface area contributed by atoms with Crippen LogP contribution in [-0.2, 0) is 6.54 Å². The predicted molar refractivity (Wildman–Crippen MR) is 74.4 cm³/mol. The van der Waals surface area contributed by atoms with Gasteiger partial charge in [0.15, 0.2) is 11.6 Å². The molecule has 0 aliphatic carbocycles. The van der Waals surface area contributed by atoms with Crippen LogP contribution in [0.2, 0.25) is 0 Å². The van der Waals surface area contributed by atoms with Gasteiger partial charge in [-0.2, -0.15) is 0 Å². The third-order valence-corrected chi connectivity index (χ3v) is 3.41. The van der Waals surface area contributed by atoms with Crippen molar-refractivity contribution in [2.45, 2.75) is 6.54 Å². The number of benzene rings is 2. The van der Waals surface area contributed by atoms with Crippen LogP contribution in [-0.4, -0.2) is 4.92 Å². The molecule has 2 aromatic carbocycles. The third kappa shape index (κ3) is 3.52. The molecule has 0 heterocycles. The fourth-order valence-corrected chi connectivity index (χ4v) is 2.04. The molecule has 0 aliphatic heterocycles. The molecule has 0 radical (unpaired) electrons. The Balaban J connectivity index is 2.22. The van der Waals surface area contributed by atoms with Gasteiger partial charge in [-0.3, -0.25) is 10.1 Å². The number of nitro groups is 1. The van der Waals surface area contributed by atoms with Crippen molar-refractivity contribution in [1.29, 1.82) is 0 Å². The second-order valence-electron chi connectivity index (χ2n) is 4.13. The normalized spacial score (nSPS) is 10.5. The molecule has 0 amide bonds. The quantitative estimate of drug-likeness (QED) is 0.499. The SMILES string of the molecule is O=[N+]([O-])c1ccc(Br)c(NCc2cc(F)c(F)cc2F)c1. The minimum atomic E-state index is -1.27. The van der Waals surface area contributed by atoms with Gasteiger partial charge in [0.05, 0.1) is 10.6 Å². The lowest BCUT2D eigenvalue weighted by Gasteiger charge is -2.09. The van der Waals surface area contributed by atoms with Gasteiger partial charge in [-0.1, -0.05) is 0 Å². The van der Waals surface area contributed by atoms with Gasteiger partial charge in [0.1, 0.15) is 5.82 Å². The Bertz CT molecular complexity index is 710. The monoisotopic (exact) mass is 360 g/mol. The summed E-state index contributed by atoms with van der Waals surface area (Å²) < 4.78 is 39.9. The molecule has 0 fully saturated rings. The summed E-state index contributed by atoms with van der Waals surface area (Å²) in [6, 6.07) is 5.20. The smallest absolute Gasteiger partial charge is 0.271 e. The molecule has 1 N–H and O–H groups in total. The minimum Gasteiger partial charge on any atom is -0.380 e. The van der Waals surface area contributed by atoms with E-state index in [2.05, 4.69) is 21.2 Å². The highest BCUT2D eigenvalue weighted by atomic mass is 79.9. The van der Waals surface area contributed by atoms with Crippen LogP contribution in [0.3, 0.4) is 0 Å². The van der Waals surface area contributed by atoms with Crippen LogP contribution in [0.1, 0.15) is 5.56 Å². The molecule has 0 saturated carbocycles. The number of halogens is 4. The molecule has 4 nitrogen and oxygen atoms in total. The molecule has 0 unspecified atom stereocenters. The first-order valence-electron chi connectivity index (χ1n) is 5.69. The third-order valence-electron chi connectivity index (χ3n) is 2.72. The summed E-state index contributed by atoms with van der Waals surface area (Å²) in [4.78, 5) is 10.1. The van der Waals surface area contributed by atoms with Gasteiger partial charge < -0.3 is 5.32 Å². The lowest BCUT2D eigenvalue weighted by molar-refractivity contribution is -0.384. The van der Waals surface area contributed by atoms with Crippen molar-refractivity contribution >= 4 is 27.3 Å². The number of nitrogens with one attached hydrogen (secondary N) is 1. The minimum absolute atomic E-state index is 0.0905. The highest BCUT2D eigenvalue weighted by Gasteiger charge is 2.12. The van der Waals surface area contributed by atoms with Crippen LogP contribution >= 0.6 is 15.9 Å². The Kier molecular flexibility index (Phi) is 4.46. The summed E-state index contributed by atoms with van der Waals surface area (Å²) in [6.45, 7) is -0.150. The van der Waals surface area contributed by atoms with Gasteiger partial charge in [-0.25, -0.2) is 13.2 Å². The zero-order chi connectivity index (χ0) is 15.6. The Morgan fingerprint density at radius 3 is 2.43 bits per heavy atom. The van der Waals surface area contributed by atoms with Gasteiger partial charge in [0, 0.05) is 34.8 Å². The van der Waals surface area contributed by atoms with E-state index in [9.17, 15) is 23.3 Å². The molecule has 0 aromatic heterocycles. The zero-order valence-corrected chi connectivity index (χ0v) is 12.0. The van der Waals surface area contributed by atoms with Crippen molar-refractivity contribution < 1.29 is 18.1 Å². The molecule has 2 aromatic rings. The van der Waals surface area contributed by atoms with Crippen molar-refractivity contribution in [3.63, 3.8) is 0 Å². The van der Waals surface area contributed by atoms with Crippen molar-refractivity contribution in [3.05, 3.63) is 67.9 Å². The van der Waals surface area contributed by atoms with Gasteiger partial charge in [-0.15, -0.1) is 0 Å². The summed E-state index contributed by atoms with van der Waals surface area (Å²) in [7, 11) is 0. The van der Waals surface area contributed by atoms with E-state index in [1.54, 1.807) is 0 Å². The average Bonchev–Trinajstić information content (AvgIpc) is 2.42. The summed E-state index contributed by atoms with van der Waals surface area (Å²) in [5.74, 6) is -3.33. The van der Waals surface area contributed by atoms with Gasteiger partial charge in [0.25, 0.3) is 5.69 Å². The Labute approximate surface area is 125 Å².